The Balaban J connectivity index is 0.00000320. The molecule has 0 unspecified atom stereocenters. The number of oxazole rings is 1. The van der Waals surface area contributed by atoms with Crippen LogP contribution in [0, 0.1) is 13.8 Å². The summed E-state index contributed by atoms with van der Waals surface area (Å²) in [7, 11) is 3.98. The number of aromatic nitrogens is 1. The van der Waals surface area contributed by atoms with Crippen LogP contribution in [0.2, 0.25) is 0 Å². The van der Waals surface area contributed by atoms with Crippen molar-refractivity contribution >= 4 is 29.9 Å². The largest absolute Gasteiger partial charge is 0.444 e. The summed E-state index contributed by atoms with van der Waals surface area (Å²) in [5.41, 5.74) is 3.53. The van der Waals surface area contributed by atoms with Crippen molar-refractivity contribution in [1.29, 1.82) is 0 Å². The van der Waals surface area contributed by atoms with Crippen LogP contribution in [0.1, 0.15) is 34.9 Å². The third-order valence-corrected chi connectivity index (χ3v) is 5.40. The van der Waals surface area contributed by atoms with Gasteiger partial charge in [-0.15, -0.1) is 24.0 Å². The van der Waals surface area contributed by atoms with E-state index in [1.807, 2.05) is 13.8 Å². The minimum absolute atomic E-state index is 0. The van der Waals surface area contributed by atoms with Gasteiger partial charge in [-0.25, -0.2) is 4.98 Å². The van der Waals surface area contributed by atoms with E-state index in [1.54, 1.807) is 7.05 Å². The molecule has 0 aliphatic carbocycles. The fraction of sp³-hybridized carbons (Fsp3) is 0.545. The number of halogens is 1. The van der Waals surface area contributed by atoms with Crippen molar-refractivity contribution in [3.63, 3.8) is 0 Å². The molecule has 3 rings (SSSR count). The Hall–Kier alpha value is -1.65. The van der Waals surface area contributed by atoms with E-state index in [2.05, 4.69) is 61.7 Å². The fourth-order valence-electron chi connectivity index (χ4n) is 3.46. The number of hydrogen-bond donors (Lipinski definition) is 2. The Kier molecular flexibility index (Phi) is 10.1. The number of likely N-dealkylation sites (N-methyl/N-ethyl adjacent to an activating group) is 1. The SMILES string of the molecule is CN=C(NCc1ccc(CN2CCCN(C)CC2)cc1)NCc1nc(C)c(C)o1.I. The lowest BCUT2D eigenvalue weighted by Gasteiger charge is -2.20. The van der Waals surface area contributed by atoms with Gasteiger partial charge in [0.05, 0.1) is 12.2 Å². The zero-order chi connectivity index (χ0) is 20.6. The Morgan fingerprint density at radius 1 is 1.03 bits per heavy atom. The third kappa shape index (κ3) is 7.55. The maximum atomic E-state index is 5.60. The molecule has 1 saturated heterocycles. The van der Waals surface area contributed by atoms with Gasteiger partial charge in [-0.3, -0.25) is 9.89 Å². The van der Waals surface area contributed by atoms with Gasteiger partial charge in [0, 0.05) is 33.2 Å². The van der Waals surface area contributed by atoms with Gasteiger partial charge in [0.1, 0.15) is 5.76 Å². The second kappa shape index (κ2) is 12.3. The number of benzene rings is 1. The molecule has 1 aromatic carbocycles. The second-order valence-electron chi connectivity index (χ2n) is 7.78. The molecule has 2 heterocycles. The van der Waals surface area contributed by atoms with Crippen molar-refractivity contribution in [2.45, 2.75) is 39.9 Å². The van der Waals surface area contributed by atoms with Crippen LogP contribution in [-0.4, -0.2) is 61.0 Å². The zero-order valence-electron chi connectivity index (χ0n) is 18.6. The lowest BCUT2D eigenvalue weighted by atomic mass is 10.1. The van der Waals surface area contributed by atoms with Crippen LogP contribution >= 0.6 is 24.0 Å². The van der Waals surface area contributed by atoms with Gasteiger partial charge in [-0.1, -0.05) is 24.3 Å². The molecule has 30 heavy (non-hydrogen) atoms. The quantitative estimate of drug-likeness (QED) is 0.343. The monoisotopic (exact) mass is 526 g/mol. The van der Waals surface area contributed by atoms with Crippen LogP contribution in [0.5, 0.6) is 0 Å². The number of nitrogens with one attached hydrogen (secondary N) is 2. The standard InChI is InChI=1S/C22H34N6O.HI/c1-17-18(2)29-21(26-17)15-25-22(23-3)24-14-19-6-8-20(9-7-19)16-28-11-5-10-27(4)12-13-28;/h6-9H,5,10-16H2,1-4H3,(H2,23,24,25);1H. The highest BCUT2D eigenvalue weighted by molar-refractivity contribution is 14.0. The van der Waals surface area contributed by atoms with Gasteiger partial charge in [-0.2, -0.15) is 0 Å². The number of rotatable bonds is 6. The Morgan fingerprint density at radius 3 is 2.40 bits per heavy atom. The average molecular weight is 526 g/mol. The summed E-state index contributed by atoms with van der Waals surface area (Å²) in [6, 6.07) is 8.86. The van der Waals surface area contributed by atoms with E-state index in [4.69, 9.17) is 4.42 Å². The normalized spacial score (nSPS) is 16.1. The maximum Gasteiger partial charge on any atom is 0.214 e. The van der Waals surface area contributed by atoms with Gasteiger partial charge in [0.15, 0.2) is 5.96 Å². The summed E-state index contributed by atoms with van der Waals surface area (Å²) in [5.74, 6) is 2.26. The summed E-state index contributed by atoms with van der Waals surface area (Å²) in [6.45, 7) is 10.8. The van der Waals surface area contributed by atoms with E-state index in [1.165, 1.54) is 30.6 Å². The molecule has 1 aliphatic rings. The van der Waals surface area contributed by atoms with Crippen molar-refractivity contribution in [1.82, 2.24) is 25.4 Å². The van der Waals surface area contributed by atoms with Crippen molar-refractivity contribution in [3.05, 3.63) is 52.7 Å². The highest BCUT2D eigenvalue weighted by Crippen LogP contribution is 2.10. The smallest absolute Gasteiger partial charge is 0.214 e. The first kappa shape index (κ1) is 24.6. The van der Waals surface area contributed by atoms with E-state index in [0.717, 1.165) is 43.6 Å². The first-order valence-corrected chi connectivity index (χ1v) is 10.4. The number of hydrogen-bond acceptors (Lipinski definition) is 5. The lowest BCUT2D eigenvalue weighted by molar-refractivity contribution is 0.269. The Bertz CT molecular complexity index is 785. The second-order valence-corrected chi connectivity index (χ2v) is 7.78. The van der Waals surface area contributed by atoms with Crippen LogP contribution in [0.25, 0.3) is 0 Å². The molecular formula is C22H35IN6O. The van der Waals surface area contributed by atoms with Gasteiger partial charge in [0.25, 0.3) is 0 Å². The molecular weight excluding hydrogens is 491 g/mol. The molecule has 0 radical (unpaired) electrons. The molecule has 7 nitrogen and oxygen atoms in total. The number of nitrogens with zero attached hydrogens (tertiary/aromatic N) is 4. The molecule has 1 aliphatic heterocycles. The summed E-state index contributed by atoms with van der Waals surface area (Å²) < 4.78 is 5.60. The first-order valence-electron chi connectivity index (χ1n) is 10.4. The van der Waals surface area contributed by atoms with E-state index in [9.17, 15) is 0 Å². The summed E-state index contributed by atoms with van der Waals surface area (Å²) in [5, 5.41) is 6.59. The first-order chi connectivity index (χ1) is 14.0. The van der Waals surface area contributed by atoms with E-state index in [-0.39, 0.29) is 24.0 Å². The molecule has 1 aromatic heterocycles. The molecule has 0 atom stereocenters. The van der Waals surface area contributed by atoms with Gasteiger partial charge in [0.2, 0.25) is 5.89 Å². The minimum atomic E-state index is 0. The molecule has 0 bridgehead atoms. The summed E-state index contributed by atoms with van der Waals surface area (Å²) >= 11 is 0. The van der Waals surface area contributed by atoms with Crippen LogP contribution in [-0.2, 0) is 19.6 Å². The third-order valence-electron chi connectivity index (χ3n) is 5.40. The molecule has 0 spiro atoms. The van der Waals surface area contributed by atoms with Crippen LogP contribution in [0.4, 0.5) is 0 Å². The van der Waals surface area contributed by atoms with Crippen molar-refractivity contribution in [2.24, 2.45) is 4.99 Å². The van der Waals surface area contributed by atoms with E-state index >= 15 is 0 Å². The molecule has 8 heteroatoms. The number of aryl methyl sites for hydroxylation is 2. The Morgan fingerprint density at radius 2 is 1.73 bits per heavy atom. The topological polar surface area (TPSA) is 68.9 Å². The molecule has 1 fully saturated rings. The van der Waals surface area contributed by atoms with Crippen LogP contribution in [0.3, 0.4) is 0 Å². The zero-order valence-corrected chi connectivity index (χ0v) is 20.9. The lowest BCUT2D eigenvalue weighted by Crippen LogP contribution is -2.36. The molecule has 0 saturated carbocycles. The van der Waals surface area contributed by atoms with E-state index in [0.29, 0.717) is 12.4 Å². The number of guanidine groups is 1. The number of aliphatic imine (C=N–C) groups is 1. The predicted molar refractivity (Wildman–Crippen MR) is 132 cm³/mol. The minimum Gasteiger partial charge on any atom is -0.444 e. The predicted octanol–water partition coefficient (Wildman–Crippen LogP) is 2.91. The van der Waals surface area contributed by atoms with Crippen molar-refractivity contribution in [3.8, 4) is 0 Å². The maximum absolute atomic E-state index is 5.60. The molecule has 166 valence electrons. The van der Waals surface area contributed by atoms with E-state index < -0.39 is 0 Å². The molecule has 2 aromatic rings. The molecule has 2 N–H and O–H groups in total. The van der Waals surface area contributed by atoms with Crippen LogP contribution < -0.4 is 10.6 Å². The fourth-order valence-corrected chi connectivity index (χ4v) is 3.46. The molecule has 0 amide bonds. The van der Waals surface area contributed by atoms with Gasteiger partial charge < -0.3 is 20.0 Å². The van der Waals surface area contributed by atoms with Crippen molar-refractivity contribution in [2.75, 3.05) is 40.3 Å². The highest BCUT2D eigenvalue weighted by Gasteiger charge is 2.12. The summed E-state index contributed by atoms with van der Waals surface area (Å²) in [4.78, 5) is 13.6. The van der Waals surface area contributed by atoms with Gasteiger partial charge in [-0.05, 0) is 51.5 Å². The van der Waals surface area contributed by atoms with Crippen LogP contribution in [0.15, 0.2) is 33.7 Å². The highest BCUT2D eigenvalue weighted by atomic mass is 127. The van der Waals surface area contributed by atoms with Crippen molar-refractivity contribution < 1.29 is 4.42 Å². The average Bonchev–Trinajstić information content (AvgIpc) is 2.90. The summed E-state index contributed by atoms with van der Waals surface area (Å²) in [6.07, 6.45) is 1.25. The Labute approximate surface area is 197 Å². The van der Waals surface area contributed by atoms with Gasteiger partial charge >= 0.3 is 0 Å².